The van der Waals surface area contributed by atoms with E-state index in [0.29, 0.717) is 30.2 Å². The van der Waals surface area contributed by atoms with Gasteiger partial charge in [-0.1, -0.05) is 23.8 Å². The van der Waals surface area contributed by atoms with Crippen molar-refractivity contribution < 1.29 is 19.0 Å². The highest BCUT2D eigenvalue weighted by atomic mass is 16.5. The van der Waals surface area contributed by atoms with Crippen LogP contribution in [0.25, 0.3) is 0 Å². The van der Waals surface area contributed by atoms with Gasteiger partial charge in [0.05, 0.1) is 26.0 Å². The number of hydrogen-bond acceptors (Lipinski definition) is 4. The molecule has 0 fully saturated rings. The first-order chi connectivity index (χ1) is 15.0. The number of anilines is 1. The molecule has 3 aromatic carbocycles. The summed E-state index contributed by atoms with van der Waals surface area (Å²) >= 11 is 0. The van der Waals surface area contributed by atoms with Crippen molar-refractivity contribution in [3.63, 3.8) is 0 Å². The normalized spacial score (nSPS) is 10.4. The van der Waals surface area contributed by atoms with Gasteiger partial charge in [0.15, 0.2) is 0 Å². The van der Waals surface area contributed by atoms with Crippen LogP contribution in [0.15, 0.2) is 66.7 Å². The lowest BCUT2D eigenvalue weighted by molar-refractivity contribution is 0.102. The van der Waals surface area contributed by atoms with E-state index in [1.54, 1.807) is 19.2 Å². The van der Waals surface area contributed by atoms with Gasteiger partial charge in [0.25, 0.3) is 5.91 Å². The summed E-state index contributed by atoms with van der Waals surface area (Å²) in [6.07, 6.45) is 1.80. The molecule has 5 heteroatoms. The average molecular weight is 420 g/mol. The Bertz CT molecular complexity index is 981. The molecule has 162 valence electrons. The van der Waals surface area contributed by atoms with Crippen molar-refractivity contribution in [1.29, 1.82) is 0 Å². The van der Waals surface area contributed by atoms with Gasteiger partial charge in [-0.25, -0.2) is 0 Å². The van der Waals surface area contributed by atoms with E-state index in [1.807, 2.05) is 61.5 Å². The Morgan fingerprint density at radius 2 is 1.32 bits per heavy atom. The van der Waals surface area contributed by atoms with Crippen molar-refractivity contribution in [1.82, 2.24) is 0 Å². The molecule has 0 atom stereocenters. The van der Waals surface area contributed by atoms with Gasteiger partial charge >= 0.3 is 0 Å². The van der Waals surface area contributed by atoms with Crippen molar-refractivity contribution in [2.75, 3.05) is 25.6 Å². The number of ether oxygens (including phenoxy) is 3. The van der Waals surface area contributed by atoms with Crippen molar-refractivity contribution >= 4 is 11.6 Å². The van der Waals surface area contributed by atoms with Gasteiger partial charge in [0, 0.05) is 5.56 Å². The minimum absolute atomic E-state index is 0.191. The van der Waals surface area contributed by atoms with Crippen LogP contribution in [0.5, 0.6) is 17.2 Å². The number of nitrogens with one attached hydrogen (secondary N) is 1. The SMILES string of the molecule is COc1ccc(C)cc1NC(=O)c1ccc(OCCCCOc2ccc(C)cc2)cc1. The fourth-order valence-corrected chi connectivity index (χ4v) is 3.04. The third-order valence-electron chi connectivity index (χ3n) is 4.82. The van der Waals surface area contributed by atoms with Crippen LogP contribution in [-0.4, -0.2) is 26.2 Å². The van der Waals surface area contributed by atoms with Crippen molar-refractivity contribution in [3.05, 3.63) is 83.4 Å². The first-order valence-corrected chi connectivity index (χ1v) is 10.4. The highest BCUT2D eigenvalue weighted by Gasteiger charge is 2.10. The smallest absolute Gasteiger partial charge is 0.255 e. The Hall–Kier alpha value is -3.47. The second-order valence-corrected chi connectivity index (χ2v) is 7.40. The minimum atomic E-state index is -0.191. The zero-order valence-corrected chi connectivity index (χ0v) is 18.3. The molecule has 0 aliphatic carbocycles. The largest absolute Gasteiger partial charge is 0.495 e. The number of benzene rings is 3. The fraction of sp³-hybridized carbons (Fsp3) is 0.269. The van der Waals surface area contributed by atoms with Crippen LogP contribution in [0.4, 0.5) is 5.69 Å². The minimum Gasteiger partial charge on any atom is -0.495 e. The Morgan fingerprint density at radius 3 is 1.90 bits per heavy atom. The Balaban J connectivity index is 1.41. The fourth-order valence-electron chi connectivity index (χ4n) is 3.04. The van der Waals surface area contributed by atoms with E-state index in [1.165, 1.54) is 5.56 Å². The van der Waals surface area contributed by atoms with Crippen LogP contribution < -0.4 is 19.5 Å². The summed E-state index contributed by atoms with van der Waals surface area (Å²) < 4.78 is 16.8. The third kappa shape index (κ3) is 6.78. The highest BCUT2D eigenvalue weighted by molar-refractivity contribution is 6.05. The summed E-state index contributed by atoms with van der Waals surface area (Å²) in [6, 6.07) is 20.9. The Morgan fingerprint density at radius 1 is 0.774 bits per heavy atom. The van der Waals surface area contributed by atoms with Crippen LogP contribution >= 0.6 is 0 Å². The zero-order valence-electron chi connectivity index (χ0n) is 18.3. The molecule has 1 N–H and O–H groups in total. The molecule has 0 bridgehead atoms. The highest BCUT2D eigenvalue weighted by Crippen LogP contribution is 2.26. The van der Waals surface area contributed by atoms with Gasteiger partial charge in [-0.05, 0) is 80.8 Å². The molecular formula is C26H29NO4. The second-order valence-electron chi connectivity index (χ2n) is 7.40. The van der Waals surface area contributed by atoms with Crippen LogP contribution in [0, 0.1) is 13.8 Å². The lowest BCUT2D eigenvalue weighted by Gasteiger charge is -2.11. The maximum Gasteiger partial charge on any atom is 0.255 e. The number of amides is 1. The van der Waals surface area contributed by atoms with E-state index in [4.69, 9.17) is 14.2 Å². The molecule has 0 aliphatic heterocycles. The summed E-state index contributed by atoms with van der Waals surface area (Å²) in [5.74, 6) is 2.07. The molecule has 0 heterocycles. The monoisotopic (exact) mass is 419 g/mol. The Kier molecular flexibility index (Phi) is 7.93. The summed E-state index contributed by atoms with van der Waals surface area (Å²) in [4.78, 5) is 12.6. The van der Waals surface area contributed by atoms with Crippen LogP contribution in [0.3, 0.4) is 0 Å². The average Bonchev–Trinajstić information content (AvgIpc) is 2.78. The molecule has 3 aromatic rings. The van der Waals surface area contributed by atoms with Gasteiger partial charge in [0.1, 0.15) is 17.2 Å². The maximum absolute atomic E-state index is 12.6. The zero-order chi connectivity index (χ0) is 22.1. The van der Waals surface area contributed by atoms with Gasteiger partial charge in [-0.2, -0.15) is 0 Å². The van der Waals surface area contributed by atoms with Crippen molar-refractivity contribution in [2.24, 2.45) is 0 Å². The quantitative estimate of drug-likeness (QED) is 0.422. The molecule has 0 saturated carbocycles. The topological polar surface area (TPSA) is 56.8 Å². The van der Waals surface area contributed by atoms with E-state index in [2.05, 4.69) is 12.2 Å². The van der Waals surface area contributed by atoms with Crippen LogP contribution in [-0.2, 0) is 0 Å². The molecule has 0 unspecified atom stereocenters. The molecule has 0 saturated heterocycles. The summed E-state index contributed by atoms with van der Waals surface area (Å²) in [5, 5.41) is 2.90. The lowest BCUT2D eigenvalue weighted by Crippen LogP contribution is -2.12. The standard InChI is InChI=1S/C26H29NO4/c1-19-6-11-22(12-7-19)30-16-4-5-17-31-23-13-9-21(10-14-23)26(28)27-24-18-20(2)8-15-25(24)29-3/h6-15,18H,4-5,16-17H2,1-3H3,(H,27,28). The lowest BCUT2D eigenvalue weighted by atomic mass is 10.1. The van der Waals surface area contributed by atoms with Crippen molar-refractivity contribution in [3.8, 4) is 17.2 Å². The van der Waals surface area contributed by atoms with Gasteiger partial charge in [-0.15, -0.1) is 0 Å². The molecular weight excluding hydrogens is 390 g/mol. The first-order valence-electron chi connectivity index (χ1n) is 10.4. The van der Waals surface area contributed by atoms with E-state index < -0.39 is 0 Å². The van der Waals surface area contributed by atoms with E-state index >= 15 is 0 Å². The summed E-state index contributed by atoms with van der Waals surface area (Å²) in [6.45, 7) is 5.29. The van der Waals surface area contributed by atoms with Gasteiger partial charge < -0.3 is 19.5 Å². The molecule has 0 aromatic heterocycles. The van der Waals surface area contributed by atoms with E-state index in [0.717, 1.165) is 29.9 Å². The van der Waals surface area contributed by atoms with Gasteiger partial charge in [0.2, 0.25) is 0 Å². The van der Waals surface area contributed by atoms with E-state index in [9.17, 15) is 4.79 Å². The first kappa shape index (κ1) is 22.2. The summed E-state index contributed by atoms with van der Waals surface area (Å²) in [7, 11) is 1.58. The maximum atomic E-state index is 12.6. The van der Waals surface area contributed by atoms with Crippen LogP contribution in [0.1, 0.15) is 34.3 Å². The molecule has 31 heavy (non-hydrogen) atoms. The Labute approximate surface area is 184 Å². The number of carbonyl (C=O) groups excluding carboxylic acids is 1. The predicted molar refractivity (Wildman–Crippen MR) is 124 cm³/mol. The molecule has 5 nitrogen and oxygen atoms in total. The predicted octanol–water partition coefficient (Wildman–Crippen LogP) is 5.80. The number of unbranched alkanes of at least 4 members (excludes halogenated alkanes) is 1. The number of hydrogen-bond donors (Lipinski definition) is 1. The van der Waals surface area contributed by atoms with E-state index in [-0.39, 0.29) is 5.91 Å². The number of aryl methyl sites for hydroxylation is 2. The molecule has 1 amide bonds. The number of methoxy groups -OCH3 is 1. The molecule has 0 spiro atoms. The molecule has 0 aliphatic rings. The molecule has 0 radical (unpaired) electrons. The van der Waals surface area contributed by atoms with Crippen molar-refractivity contribution in [2.45, 2.75) is 26.7 Å². The summed E-state index contributed by atoms with van der Waals surface area (Å²) in [5.41, 5.74) is 3.48. The molecule has 3 rings (SSSR count). The number of carbonyl (C=O) groups is 1. The van der Waals surface area contributed by atoms with Crippen LogP contribution in [0.2, 0.25) is 0 Å². The second kappa shape index (κ2) is 11.1. The number of rotatable bonds is 10. The van der Waals surface area contributed by atoms with Gasteiger partial charge in [-0.3, -0.25) is 4.79 Å². The third-order valence-corrected chi connectivity index (χ3v) is 4.82.